The molecular formula is C12H14FNO4. The topological polar surface area (TPSA) is 75.6 Å². The van der Waals surface area contributed by atoms with Crippen molar-refractivity contribution in [1.29, 1.82) is 0 Å². The summed E-state index contributed by atoms with van der Waals surface area (Å²) in [5, 5.41) is 10.8. The second-order valence-electron chi connectivity index (χ2n) is 3.65. The van der Waals surface area contributed by atoms with Gasteiger partial charge in [-0.15, -0.1) is 0 Å². The predicted octanol–water partition coefficient (Wildman–Crippen LogP) is 1.18. The third kappa shape index (κ3) is 4.82. The summed E-state index contributed by atoms with van der Waals surface area (Å²) in [6, 6.07) is 5.44. The molecule has 0 aliphatic rings. The van der Waals surface area contributed by atoms with Crippen LogP contribution < -0.4 is 10.1 Å². The Morgan fingerprint density at radius 1 is 1.50 bits per heavy atom. The third-order valence-electron chi connectivity index (χ3n) is 2.12. The van der Waals surface area contributed by atoms with Gasteiger partial charge in [0.15, 0.2) is 6.10 Å². The summed E-state index contributed by atoms with van der Waals surface area (Å²) in [5.41, 5.74) is 0. The predicted molar refractivity (Wildman–Crippen MR) is 61.8 cm³/mol. The normalized spacial score (nSPS) is 11.7. The van der Waals surface area contributed by atoms with Gasteiger partial charge in [0.2, 0.25) is 0 Å². The molecule has 0 saturated carbocycles. The van der Waals surface area contributed by atoms with Crippen LogP contribution in [0.2, 0.25) is 0 Å². The molecule has 1 rings (SSSR count). The van der Waals surface area contributed by atoms with Gasteiger partial charge in [-0.2, -0.15) is 0 Å². The lowest BCUT2D eigenvalue weighted by molar-refractivity contribution is -0.137. The Morgan fingerprint density at radius 3 is 2.83 bits per heavy atom. The lowest BCUT2D eigenvalue weighted by Gasteiger charge is -2.14. The first-order valence-electron chi connectivity index (χ1n) is 5.41. The first kappa shape index (κ1) is 14.0. The van der Waals surface area contributed by atoms with E-state index in [2.05, 4.69) is 5.32 Å². The number of carboxylic acid groups (broad SMARTS) is 1. The van der Waals surface area contributed by atoms with Crippen LogP contribution in [0.5, 0.6) is 5.75 Å². The van der Waals surface area contributed by atoms with Crippen molar-refractivity contribution in [2.24, 2.45) is 0 Å². The van der Waals surface area contributed by atoms with Gasteiger partial charge in [-0.1, -0.05) is 6.07 Å². The van der Waals surface area contributed by atoms with E-state index < -0.39 is 23.8 Å². The van der Waals surface area contributed by atoms with Crippen LogP contribution in [0, 0.1) is 5.82 Å². The van der Waals surface area contributed by atoms with Gasteiger partial charge < -0.3 is 15.2 Å². The van der Waals surface area contributed by atoms with E-state index in [0.29, 0.717) is 0 Å². The van der Waals surface area contributed by atoms with Gasteiger partial charge in [-0.3, -0.25) is 9.59 Å². The molecule has 0 bridgehead atoms. The van der Waals surface area contributed by atoms with E-state index in [4.69, 9.17) is 9.84 Å². The molecule has 1 aromatic rings. The molecule has 0 aliphatic carbocycles. The molecule has 0 spiro atoms. The zero-order valence-corrected chi connectivity index (χ0v) is 9.85. The lowest BCUT2D eigenvalue weighted by atomic mass is 10.3. The summed E-state index contributed by atoms with van der Waals surface area (Å²) in [4.78, 5) is 21.7. The zero-order chi connectivity index (χ0) is 13.5. The number of benzene rings is 1. The van der Waals surface area contributed by atoms with E-state index in [1.54, 1.807) is 0 Å². The van der Waals surface area contributed by atoms with Gasteiger partial charge >= 0.3 is 5.97 Å². The van der Waals surface area contributed by atoms with Gasteiger partial charge in [0.1, 0.15) is 11.6 Å². The van der Waals surface area contributed by atoms with Crippen molar-refractivity contribution < 1.29 is 23.8 Å². The van der Waals surface area contributed by atoms with Crippen LogP contribution in [0.15, 0.2) is 24.3 Å². The molecule has 1 unspecified atom stereocenters. The molecule has 98 valence electrons. The van der Waals surface area contributed by atoms with E-state index in [-0.39, 0.29) is 18.7 Å². The lowest BCUT2D eigenvalue weighted by Crippen LogP contribution is -2.37. The Hall–Kier alpha value is -2.11. The first-order valence-corrected chi connectivity index (χ1v) is 5.41. The highest BCUT2D eigenvalue weighted by atomic mass is 19.1. The summed E-state index contributed by atoms with van der Waals surface area (Å²) in [7, 11) is 0. The number of amides is 1. The number of hydrogen-bond donors (Lipinski definition) is 2. The highest BCUT2D eigenvalue weighted by Crippen LogP contribution is 2.13. The van der Waals surface area contributed by atoms with Crippen LogP contribution in [0.3, 0.4) is 0 Å². The standard InChI is InChI=1S/C12H14FNO4/c1-8(12(17)14-6-5-11(15)16)18-10-4-2-3-9(13)7-10/h2-4,7-8H,5-6H2,1H3,(H,14,17)(H,15,16). The quantitative estimate of drug-likeness (QED) is 0.800. The molecule has 0 heterocycles. The Morgan fingerprint density at radius 2 is 2.22 bits per heavy atom. The molecule has 0 aliphatic heterocycles. The van der Waals surface area contributed by atoms with Crippen LogP contribution in [0.25, 0.3) is 0 Å². The van der Waals surface area contributed by atoms with Crippen molar-refractivity contribution in [2.75, 3.05) is 6.54 Å². The van der Waals surface area contributed by atoms with E-state index in [1.165, 1.54) is 31.2 Å². The Labute approximate surface area is 104 Å². The number of rotatable bonds is 6. The minimum Gasteiger partial charge on any atom is -0.481 e. The molecule has 18 heavy (non-hydrogen) atoms. The molecule has 0 radical (unpaired) electrons. The Bertz CT molecular complexity index is 436. The zero-order valence-electron chi connectivity index (χ0n) is 9.85. The minimum absolute atomic E-state index is 0.0328. The Balaban J connectivity index is 2.42. The minimum atomic E-state index is -0.992. The van der Waals surface area contributed by atoms with Gasteiger partial charge in [0.05, 0.1) is 6.42 Å². The van der Waals surface area contributed by atoms with Crippen molar-refractivity contribution in [2.45, 2.75) is 19.4 Å². The highest BCUT2D eigenvalue weighted by Gasteiger charge is 2.14. The number of nitrogens with one attached hydrogen (secondary N) is 1. The maximum Gasteiger partial charge on any atom is 0.305 e. The molecule has 1 amide bonds. The number of aliphatic carboxylic acids is 1. The molecule has 0 aromatic heterocycles. The van der Waals surface area contributed by atoms with Crippen LogP contribution in [-0.2, 0) is 9.59 Å². The second kappa shape index (κ2) is 6.58. The van der Waals surface area contributed by atoms with Crippen LogP contribution >= 0.6 is 0 Å². The number of carbonyl (C=O) groups is 2. The molecule has 0 saturated heterocycles. The Kier molecular flexibility index (Phi) is 5.10. The van der Waals surface area contributed by atoms with Crippen LogP contribution in [0.1, 0.15) is 13.3 Å². The number of halogens is 1. The number of ether oxygens (including phenoxy) is 1. The van der Waals surface area contributed by atoms with Crippen molar-refractivity contribution in [3.63, 3.8) is 0 Å². The molecule has 2 N–H and O–H groups in total. The summed E-state index contributed by atoms with van der Waals surface area (Å²) in [5.74, 6) is -1.64. The fraction of sp³-hybridized carbons (Fsp3) is 0.333. The van der Waals surface area contributed by atoms with Crippen molar-refractivity contribution >= 4 is 11.9 Å². The van der Waals surface area contributed by atoms with Crippen molar-refractivity contribution in [1.82, 2.24) is 5.32 Å². The number of carboxylic acids is 1. The van der Waals surface area contributed by atoms with Gasteiger partial charge in [-0.05, 0) is 19.1 Å². The molecule has 6 heteroatoms. The SMILES string of the molecule is CC(Oc1cccc(F)c1)C(=O)NCCC(=O)O. The fourth-order valence-electron chi connectivity index (χ4n) is 1.23. The van der Waals surface area contributed by atoms with Crippen molar-refractivity contribution in [3.8, 4) is 5.75 Å². The molecule has 1 atom stereocenters. The summed E-state index contributed by atoms with van der Waals surface area (Å²) in [6.07, 6.45) is -0.973. The number of hydrogen-bond acceptors (Lipinski definition) is 3. The van der Waals surface area contributed by atoms with E-state index in [0.717, 1.165) is 0 Å². The fourth-order valence-corrected chi connectivity index (χ4v) is 1.23. The van der Waals surface area contributed by atoms with Crippen LogP contribution in [0.4, 0.5) is 4.39 Å². The van der Waals surface area contributed by atoms with Gasteiger partial charge in [0, 0.05) is 12.6 Å². The van der Waals surface area contributed by atoms with Crippen LogP contribution in [-0.4, -0.2) is 29.6 Å². The summed E-state index contributed by atoms with van der Waals surface area (Å²) < 4.78 is 18.1. The monoisotopic (exact) mass is 255 g/mol. The van der Waals surface area contributed by atoms with Gasteiger partial charge in [-0.25, -0.2) is 4.39 Å². The first-order chi connectivity index (χ1) is 8.49. The average molecular weight is 255 g/mol. The highest BCUT2D eigenvalue weighted by molar-refractivity contribution is 5.81. The second-order valence-corrected chi connectivity index (χ2v) is 3.65. The molecule has 0 fully saturated rings. The smallest absolute Gasteiger partial charge is 0.305 e. The molecule has 1 aromatic carbocycles. The van der Waals surface area contributed by atoms with Crippen molar-refractivity contribution in [3.05, 3.63) is 30.1 Å². The maximum absolute atomic E-state index is 12.9. The number of carbonyl (C=O) groups excluding carboxylic acids is 1. The largest absolute Gasteiger partial charge is 0.481 e. The van der Waals surface area contributed by atoms with E-state index >= 15 is 0 Å². The average Bonchev–Trinajstić information content (AvgIpc) is 2.28. The van der Waals surface area contributed by atoms with E-state index in [1.807, 2.05) is 0 Å². The molecular weight excluding hydrogens is 241 g/mol. The third-order valence-corrected chi connectivity index (χ3v) is 2.12. The summed E-state index contributed by atoms with van der Waals surface area (Å²) >= 11 is 0. The molecule has 5 nitrogen and oxygen atoms in total. The maximum atomic E-state index is 12.9. The van der Waals surface area contributed by atoms with E-state index in [9.17, 15) is 14.0 Å². The van der Waals surface area contributed by atoms with Gasteiger partial charge in [0.25, 0.3) is 5.91 Å². The summed E-state index contributed by atoms with van der Waals surface area (Å²) in [6.45, 7) is 1.53.